The highest BCUT2D eigenvalue weighted by Gasteiger charge is 2.08. The third-order valence-electron chi connectivity index (χ3n) is 3.59. The zero-order chi connectivity index (χ0) is 16.8. The van der Waals surface area contributed by atoms with Crippen molar-refractivity contribution < 1.29 is 9.59 Å². The van der Waals surface area contributed by atoms with Crippen molar-refractivity contribution in [1.29, 1.82) is 0 Å². The van der Waals surface area contributed by atoms with E-state index in [1.807, 2.05) is 49.4 Å². The third-order valence-corrected chi connectivity index (χ3v) is 3.59. The molecule has 0 aliphatic carbocycles. The first-order valence-electron chi connectivity index (χ1n) is 7.63. The summed E-state index contributed by atoms with van der Waals surface area (Å²) in [5.41, 5.74) is 3.46. The largest absolute Gasteiger partial charge is 0.349 e. The Hall–Kier alpha value is -2.62. The Kier molecular flexibility index (Phi) is 5.52. The molecular weight excluding hydrogens is 288 g/mol. The van der Waals surface area contributed by atoms with Gasteiger partial charge in [0.2, 0.25) is 5.91 Å². The SMILES string of the molecule is Cc1cccc(C(=O)Nc2cccc(CCC(=O)N(C)C)c2)c1. The van der Waals surface area contributed by atoms with Crippen LogP contribution in [0.4, 0.5) is 5.69 Å². The first kappa shape index (κ1) is 16.7. The van der Waals surface area contributed by atoms with Crippen molar-refractivity contribution >= 4 is 17.5 Å². The Morgan fingerprint density at radius 2 is 1.78 bits per heavy atom. The molecule has 2 aromatic carbocycles. The topological polar surface area (TPSA) is 49.4 Å². The van der Waals surface area contributed by atoms with Gasteiger partial charge in [-0.05, 0) is 43.2 Å². The molecule has 0 unspecified atom stereocenters. The van der Waals surface area contributed by atoms with Gasteiger partial charge in [-0.3, -0.25) is 9.59 Å². The quantitative estimate of drug-likeness (QED) is 0.921. The molecule has 0 atom stereocenters. The predicted molar refractivity (Wildman–Crippen MR) is 92.6 cm³/mol. The highest BCUT2D eigenvalue weighted by molar-refractivity contribution is 6.04. The fraction of sp³-hybridized carbons (Fsp3) is 0.263. The summed E-state index contributed by atoms with van der Waals surface area (Å²) in [7, 11) is 3.50. The zero-order valence-corrected chi connectivity index (χ0v) is 13.8. The van der Waals surface area contributed by atoms with E-state index in [4.69, 9.17) is 0 Å². The van der Waals surface area contributed by atoms with Crippen LogP contribution in [0.25, 0.3) is 0 Å². The molecule has 4 heteroatoms. The molecule has 2 amide bonds. The second kappa shape index (κ2) is 7.58. The number of carbonyl (C=O) groups excluding carboxylic acids is 2. The molecule has 120 valence electrons. The van der Waals surface area contributed by atoms with Crippen molar-refractivity contribution in [1.82, 2.24) is 4.90 Å². The molecule has 0 radical (unpaired) electrons. The molecule has 0 saturated carbocycles. The maximum atomic E-state index is 12.3. The molecule has 2 aromatic rings. The molecule has 0 fully saturated rings. The second-order valence-corrected chi connectivity index (χ2v) is 5.81. The molecule has 0 aliphatic heterocycles. The van der Waals surface area contributed by atoms with Crippen molar-refractivity contribution in [2.24, 2.45) is 0 Å². The van der Waals surface area contributed by atoms with E-state index in [0.29, 0.717) is 18.4 Å². The van der Waals surface area contributed by atoms with Crippen LogP contribution >= 0.6 is 0 Å². The summed E-state index contributed by atoms with van der Waals surface area (Å²) >= 11 is 0. The molecular formula is C19H22N2O2. The number of hydrogen-bond donors (Lipinski definition) is 1. The van der Waals surface area contributed by atoms with Gasteiger partial charge < -0.3 is 10.2 Å². The first-order chi connectivity index (χ1) is 11.0. The van der Waals surface area contributed by atoms with Gasteiger partial charge in [0.15, 0.2) is 0 Å². The maximum absolute atomic E-state index is 12.3. The van der Waals surface area contributed by atoms with Crippen LogP contribution in [0.1, 0.15) is 27.9 Å². The molecule has 2 rings (SSSR count). The fourth-order valence-electron chi connectivity index (χ4n) is 2.27. The van der Waals surface area contributed by atoms with E-state index < -0.39 is 0 Å². The molecule has 0 aliphatic rings. The smallest absolute Gasteiger partial charge is 0.255 e. The van der Waals surface area contributed by atoms with Gasteiger partial charge in [-0.15, -0.1) is 0 Å². The standard InChI is InChI=1S/C19H22N2O2/c1-14-6-4-8-16(12-14)19(23)20-17-9-5-7-15(13-17)10-11-18(22)21(2)3/h4-9,12-13H,10-11H2,1-3H3,(H,20,23). The predicted octanol–water partition coefficient (Wildman–Crippen LogP) is 3.27. The lowest BCUT2D eigenvalue weighted by atomic mass is 10.1. The van der Waals surface area contributed by atoms with Crippen molar-refractivity contribution in [2.75, 3.05) is 19.4 Å². The van der Waals surface area contributed by atoms with E-state index in [2.05, 4.69) is 5.32 Å². The molecule has 0 saturated heterocycles. The minimum Gasteiger partial charge on any atom is -0.349 e. The van der Waals surface area contributed by atoms with E-state index in [-0.39, 0.29) is 11.8 Å². The van der Waals surface area contributed by atoms with Gasteiger partial charge in [0.1, 0.15) is 0 Å². The number of hydrogen-bond acceptors (Lipinski definition) is 2. The highest BCUT2D eigenvalue weighted by atomic mass is 16.2. The lowest BCUT2D eigenvalue weighted by molar-refractivity contribution is -0.128. The Morgan fingerprint density at radius 1 is 1.04 bits per heavy atom. The summed E-state index contributed by atoms with van der Waals surface area (Å²) in [5, 5.41) is 2.90. The minimum atomic E-state index is -0.129. The van der Waals surface area contributed by atoms with Crippen LogP contribution in [0.5, 0.6) is 0 Å². The van der Waals surface area contributed by atoms with Crippen molar-refractivity contribution in [3.05, 3.63) is 65.2 Å². The van der Waals surface area contributed by atoms with E-state index in [0.717, 1.165) is 16.8 Å². The second-order valence-electron chi connectivity index (χ2n) is 5.81. The van der Waals surface area contributed by atoms with E-state index in [9.17, 15) is 9.59 Å². The number of anilines is 1. The van der Waals surface area contributed by atoms with Crippen LogP contribution in [0, 0.1) is 6.92 Å². The number of aryl methyl sites for hydroxylation is 2. The van der Waals surface area contributed by atoms with Crippen LogP contribution in [0.15, 0.2) is 48.5 Å². The highest BCUT2D eigenvalue weighted by Crippen LogP contribution is 2.14. The molecule has 4 nitrogen and oxygen atoms in total. The van der Waals surface area contributed by atoms with Crippen molar-refractivity contribution in [2.45, 2.75) is 19.8 Å². The van der Waals surface area contributed by atoms with Crippen molar-refractivity contribution in [3.63, 3.8) is 0 Å². The molecule has 23 heavy (non-hydrogen) atoms. The normalized spacial score (nSPS) is 10.2. The number of carbonyl (C=O) groups is 2. The Morgan fingerprint density at radius 3 is 2.48 bits per heavy atom. The Balaban J connectivity index is 2.02. The zero-order valence-electron chi connectivity index (χ0n) is 13.8. The van der Waals surface area contributed by atoms with Crippen LogP contribution in [0.2, 0.25) is 0 Å². The summed E-state index contributed by atoms with van der Waals surface area (Å²) in [6.07, 6.45) is 1.12. The summed E-state index contributed by atoms with van der Waals surface area (Å²) in [4.78, 5) is 25.5. The first-order valence-corrected chi connectivity index (χ1v) is 7.63. The average molecular weight is 310 g/mol. The Bertz CT molecular complexity index is 708. The average Bonchev–Trinajstić information content (AvgIpc) is 2.52. The van der Waals surface area contributed by atoms with E-state index in [1.165, 1.54) is 0 Å². The number of amides is 2. The van der Waals surface area contributed by atoms with Crippen LogP contribution in [0.3, 0.4) is 0 Å². The van der Waals surface area contributed by atoms with Gasteiger partial charge in [0.25, 0.3) is 5.91 Å². The minimum absolute atomic E-state index is 0.0965. The summed E-state index contributed by atoms with van der Waals surface area (Å²) < 4.78 is 0. The van der Waals surface area contributed by atoms with E-state index in [1.54, 1.807) is 25.1 Å². The van der Waals surface area contributed by atoms with Crippen LogP contribution in [-0.4, -0.2) is 30.8 Å². The fourth-order valence-corrected chi connectivity index (χ4v) is 2.27. The summed E-state index contributed by atoms with van der Waals surface area (Å²) in [6.45, 7) is 1.96. The monoisotopic (exact) mass is 310 g/mol. The van der Waals surface area contributed by atoms with E-state index >= 15 is 0 Å². The van der Waals surface area contributed by atoms with Gasteiger partial charge in [0, 0.05) is 31.8 Å². The lowest BCUT2D eigenvalue weighted by Crippen LogP contribution is -2.21. The van der Waals surface area contributed by atoms with Gasteiger partial charge in [-0.1, -0.05) is 29.8 Å². The van der Waals surface area contributed by atoms with Gasteiger partial charge >= 0.3 is 0 Å². The van der Waals surface area contributed by atoms with Crippen LogP contribution < -0.4 is 5.32 Å². The number of rotatable bonds is 5. The van der Waals surface area contributed by atoms with Gasteiger partial charge in [-0.25, -0.2) is 0 Å². The van der Waals surface area contributed by atoms with Gasteiger partial charge in [-0.2, -0.15) is 0 Å². The molecule has 0 aromatic heterocycles. The third kappa shape index (κ3) is 4.95. The van der Waals surface area contributed by atoms with Crippen molar-refractivity contribution in [3.8, 4) is 0 Å². The van der Waals surface area contributed by atoms with Gasteiger partial charge in [0.05, 0.1) is 0 Å². The number of benzene rings is 2. The maximum Gasteiger partial charge on any atom is 0.255 e. The molecule has 0 bridgehead atoms. The lowest BCUT2D eigenvalue weighted by Gasteiger charge is -2.11. The molecule has 1 N–H and O–H groups in total. The number of nitrogens with one attached hydrogen (secondary N) is 1. The van der Waals surface area contributed by atoms with Crippen LogP contribution in [-0.2, 0) is 11.2 Å². The summed E-state index contributed by atoms with van der Waals surface area (Å²) in [6, 6.07) is 15.1. The summed E-state index contributed by atoms with van der Waals surface area (Å²) in [5.74, 6) is -0.0329. The Labute approximate surface area is 137 Å². The molecule has 0 spiro atoms. The molecule has 0 heterocycles. The number of nitrogens with zero attached hydrogens (tertiary/aromatic N) is 1.